The SMILES string of the molecule is CNCC(Cc1cccc(Cl)c1)C1CCS(=O)(=O)C1. The summed E-state index contributed by atoms with van der Waals surface area (Å²) in [7, 11) is -0.902. The Hall–Kier alpha value is -0.580. The summed E-state index contributed by atoms with van der Waals surface area (Å²) in [4.78, 5) is 0. The first-order valence-corrected chi connectivity index (χ1v) is 8.79. The maximum atomic E-state index is 11.6. The van der Waals surface area contributed by atoms with Crippen LogP contribution in [0.5, 0.6) is 0 Å². The third-order valence-corrected chi connectivity index (χ3v) is 5.82. The summed E-state index contributed by atoms with van der Waals surface area (Å²) in [6, 6.07) is 7.82. The fourth-order valence-electron chi connectivity index (χ4n) is 2.83. The van der Waals surface area contributed by atoms with Crippen LogP contribution >= 0.6 is 11.6 Å². The summed E-state index contributed by atoms with van der Waals surface area (Å²) < 4.78 is 23.2. The van der Waals surface area contributed by atoms with E-state index in [0.717, 1.165) is 24.4 Å². The Bertz CT molecular complexity index is 530. The van der Waals surface area contributed by atoms with E-state index in [-0.39, 0.29) is 5.92 Å². The topological polar surface area (TPSA) is 46.2 Å². The fourth-order valence-corrected chi connectivity index (χ4v) is 4.96. The highest BCUT2D eigenvalue weighted by Gasteiger charge is 2.33. The second-order valence-electron chi connectivity index (χ2n) is 5.31. The molecule has 1 aromatic carbocycles. The third kappa shape index (κ3) is 4.20. The summed E-state index contributed by atoms with van der Waals surface area (Å²) in [5, 5.41) is 3.91. The van der Waals surface area contributed by atoms with Crippen LogP contribution in [0.2, 0.25) is 5.02 Å². The zero-order valence-electron chi connectivity index (χ0n) is 11.1. The smallest absolute Gasteiger partial charge is 0.150 e. The van der Waals surface area contributed by atoms with E-state index < -0.39 is 9.84 Å². The van der Waals surface area contributed by atoms with Gasteiger partial charge in [-0.1, -0.05) is 23.7 Å². The lowest BCUT2D eigenvalue weighted by Crippen LogP contribution is -2.28. The molecular formula is C14H20ClNO2S. The van der Waals surface area contributed by atoms with E-state index in [0.29, 0.717) is 17.4 Å². The molecule has 2 rings (SSSR count). The molecule has 0 saturated carbocycles. The van der Waals surface area contributed by atoms with Crippen LogP contribution in [0.25, 0.3) is 0 Å². The fraction of sp³-hybridized carbons (Fsp3) is 0.571. The average molecular weight is 302 g/mol. The second kappa shape index (κ2) is 6.25. The summed E-state index contributed by atoms with van der Waals surface area (Å²) in [5.74, 6) is 1.28. The zero-order chi connectivity index (χ0) is 13.9. The molecule has 1 saturated heterocycles. The number of rotatable bonds is 5. The highest BCUT2D eigenvalue weighted by molar-refractivity contribution is 7.91. The molecule has 0 spiro atoms. The van der Waals surface area contributed by atoms with Crippen molar-refractivity contribution < 1.29 is 8.42 Å². The van der Waals surface area contributed by atoms with Gasteiger partial charge < -0.3 is 5.32 Å². The molecule has 5 heteroatoms. The van der Waals surface area contributed by atoms with E-state index in [9.17, 15) is 8.42 Å². The van der Waals surface area contributed by atoms with Crippen molar-refractivity contribution >= 4 is 21.4 Å². The molecule has 1 fully saturated rings. The monoisotopic (exact) mass is 301 g/mol. The Morgan fingerprint density at radius 3 is 2.84 bits per heavy atom. The minimum absolute atomic E-state index is 0.261. The van der Waals surface area contributed by atoms with Gasteiger partial charge in [0.1, 0.15) is 0 Å². The van der Waals surface area contributed by atoms with E-state index in [1.54, 1.807) is 0 Å². The number of benzene rings is 1. The van der Waals surface area contributed by atoms with Crippen LogP contribution in [0, 0.1) is 11.8 Å². The van der Waals surface area contributed by atoms with Crippen molar-refractivity contribution in [2.75, 3.05) is 25.1 Å². The Morgan fingerprint density at radius 1 is 1.47 bits per heavy atom. The summed E-state index contributed by atoms with van der Waals surface area (Å²) in [6.07, 6.45) is 1.66. The van der Waals surface area contributed by atoms with Crippen LogP contribution in [0.15, 0.2) is 24.3 Å². The maximum absolute atomic E-state index is 11.6. The number of halogens is 1. The molecule has 0 radical (unpaired) electrons. The summed E-state index contributed by atoms with van der Waals surface area (Å²) in [6.45, 7) is 0.840. The van der Waals surface area contributed by atoms with Crippen molar-refractivity contribution in [3.8, 4) is 0 Å². The van der Waals surface area contributed by atoms with E-state index in [4.69, 9.17) is 11.6 Å². The lowest BCUT2D eigenvalue weighted by molar-refractivity contribution is 0.352. The molecule has 0 amide bonds. The van der Waals surface area contributed by atoms with Gasteiger partial charge in [0.25, 0.3) is 0 Å². The molecule has 1 heterocycles. The lowest BCUT2D eigenvalue weighted by atomic mass is 9.86. The standard InChI is InChI=1S/C14H20ClNO2S/c1-16-9-13(12-5-6-19(17,18)10-12)7-11-3-2-4-14(15)8-11/h2-4,8,12-13,16H,5-7,9-10H2,1H3. The zero-order valence-corrected chi connectivity index (χ0v) is 12.7. The Morgan fingerprint density at radius 2 is 2.26 bits per heavy atom. The Labute approximate surface area is 120 Å². The van der Waals surface area contributed by atoms with Crippen molar-refractivity contribution in [3.63, 3.8) is 0 Å². The molecule has 1 aromatic rings. The molecule has 19 heavy (non-hydrogen) atoms. The van der Waals surface area contributed by atoms with Gasteiger partial charge in [-0.3, -0.25) is 0 Å². The van der Waals surface area contributed by atoms with Gasteiger partial charge in [-0.25, -0.2) is 8.42 Å². The maximum Gasteiger partial charge on any atom is 0.150 e. The lowest BCUT2D eigenvalue weighted by Gasteiger charge is -2.22. The Balaban J connectivity index is 2.08. The van der Waals surface area contributed by atoms with Gasteiger partial charge in [0.15, 0.2) is 9.84 Å². The van der Waals surface area contributed by atoms with Crippen LogP contribution in [-0.4, -0.2) is 33.5 Å². The van der Waals surface area contributed by atoms with E-state index >= 15 is 0 Å². The molecule has 1 N–H and O–H groups in total. The molecule has 1 aliphatic rings. The van der Waals surface area contributed by atoms with E-state index in [1.807, 2.05) is 25.2 Å². The van der Waals surface area contributed by atoms with Crippen molar-refractivity contribution in [2.45, 2.75) is 12.8 Å². The predicted molar refractivity (Wildman–Crippen MR) is 79.3 cm³/mol. The molecule has 0 aromatic heterocycles. The van der Waals surface area contributed by atoms with E-state index in [1.165, 1.54) is 5.56 Å². The summed E-state index contributed by atoms with van der Waals surface area (Å²) >= 11 is 6.00. The largest absolute Gasteiger partial charge is 0.319 e. The van der Waals surface area contributed by atoms with Crippen molar-refractivity contribution in [1.82, 2.24) is 5.32 Å². The molecule has 2 unspecified atom stereocenters. The third-order valence-electron chi connectivity index (χ3n) is 3.79. The molecule has 106 valence electrons. The van der Waals surface area contributed by atoms with Gasteiger partial charge in [-0.2, -0.15) is 0 Å². The first-order valence-electron chi connectivity index (χ1n) is 6.59. The van der Waals surface area contributed by atoms with Crippen LogP contribution in [0.3, 0.4) is 0 Å². The molecule has 0 bridgehead atoms. The minimum Gasteiger partial charge on any atom is -0.319 e. The van der Waals surface area contributed by atoms with Crippen LogP contribution in [0.1, 0.15) is 12.0 Å². The quantitative estimate of drug-likeness (QED) is 0.906. The molecule has 1 aliphatic heterocycles. The van der Waals surface area contributed by atoms with Gasteiger partial charge in [-0.05, 0) is 56.0 Å². The van der Waals surface area contributed by atoms with Crippen LogP contribution in [-0.2, 0) is 16.3 Å². The van der Waals surface area contributed by atoms with Gasteiger partial charge in [0, 0.05) is 5.02 Å². The van der Waals surface area contributed by atoms with Crippen LogP contribution in [0.4, 0.5) is 0 Å². The average Bonchev–Trinajstić information content (AvgIpc) is 2.69. The molecule has 3 nitrogen and oxygen atoms in total. The first kappa shape index (κ1) is 14.8. The molecule has 0 aliphatic carbocycles. The number of sulfone groups is 1. The van der Waals surface area contributed by atoms with Gasteiger partial charge >= 0.3 is 0 Å². The minimum atomic E-state index is -2.81. The number of hydrogen-bond donors (Lipinski definition) is 1. The van der Waals surface area contributed by atoms with Gasteiger partial charge in [-0.15, -0.1) is 0 Å². The number of hydrogen-bond acceptors (Lipinski definition) is 3. The Kier molecular flexibility index (Phi) is 4.87. The normalized spacial score (nSPS) is 23.4. The second-order valence-corrected chi connectivity index (χ2v) is 7.98. The van der Waals surface area contributed by atoms with Crippen molar-refractivity contribution in [1.29, 1.82) is 0 Å². The summed E-state index contributed by atoms with van der Waals surface area (Å²) in [5.41, 5.74) is 1.18. The molecule has 2 atom stereocenters. The van der Waals surface area contributed by atoms with E-state index in [2.05, 4.69) is 11.4 Å². The number of nitrogens with one attached hydrogen (secondary N) is 1. The highest BCUT2D eigenvalue weighted by Crippen LogP contribution is 2.28. The van der Waals surface area contributed by atoms with Crippen molar-refractivity contribution in [3.05, 3.63) is 34.9 Å². The first-order chi connectivity index (χ1) is 9.00. The molecular weight excluding hydrogens is 282 g/mol. The van der Waals surface area contributed by atoms with Gasteiger partial charge in [0.05, 0.1) is 11.5 Å². The highest BCUT2D eigenvalue weighted by atomic mass is 35.5. The van der Waals surface area contributed by atoms with Crippen LogP contribution < -0.4 is 5.32 Å². The predicted octanol–water partition coefficient (Wildman–Crippen LogP) is 2.15. The van der Waals surface area contributed by atoms with Gasteiger partial charge in [0.2, 0.25) is 0 Å². The van der Waals surface area contributed by atoms with Crippen molar-refractivity contribution in [2.24, 2.45) is 11.8 Å².